The molecular weight excluding hydrogens is 424 g/mol. The van der Waals surface area contributed by atoms with E-state index >= 15 is 0 Å². The van der Waals surface area contributed by atoms with Gasteiger partial charge in [-0.2, -0.15) is 0 Å². The summed E-state index contributed by atoms with van der Waals surface area (Å²) in [5.74, 6) is 0.740. The third-order valence-corrected chi connectivity index (χ3v) is 8.35. The standard InChI is InChI=1S/C26H26N2O3.ClH/c1-14(2)13-28-10-9-25-21-15-7-8-19(29)23(21)31-24(25)22-17(12-26(25,30)20(28)11-15)16-5-3-4-6-18(16)27-22;/h3-8,20,24,27,29-30H,1,9-13H2,2H3;1H/t20?,24-,25+,26-;/m0./s1. The van der Waals surface area contributed by atoms with E-state index in [9.17, 15) is 10.2 Å². The number of para-hydroxylation sites is 1. The third-order valence-electron chi connectivity index (χ3n) is 8.35. The van der Waals surface area contributed by atoms with E-state index in [0.717, 1.165) is 59.2 Å². The topological polar surface area (TPSA) is 68.7 Å². The molecule has 5 nitrogen and oxygen atoms in total. The number of ether oxygens (including phenoxy) is 1. The molecule has 1 saturated heterocycles. The normalized spacial score (nSPS) is 31.4. The quantitative estimate of drug-likeness (QED) is 0.513. The zero-order valence-electron chi connectivity index (χ0n) is 18.0. The fourth-order valence-corrected chi connectivity index (χ4v) is 7.26. The molecule has 4 aliphatic rings. The number of aromatic amines is 1. The number of phenols is 1. The van der Waals surface area contributed by atoms with Crippen molar-refractivity contribution in [1.29, 1.82) is 0 Å². The minimum atomic E-state index is -0.977. The molecule has 3 aromatic rings. The zero-order valence-corrected chi connectivity index (χ0v) is 18.8. The van der Waals surface area contributed by atoms with E-state index in [1.807, 2.05) is 18.2 Å². The first-order chi connectivity index (χ1) is 14.9. The Morgan fingerprint density at radius 2 is 2.09 bits per heavy atom. The molecule has 3 heterocycles. The molecule has 166 valence electrons. The number of aromatic hydroxyl groups is 1. The predicted molar refractivity (Wildman–Crippen MR) is 126 cm³/mol. The number of phenolic OH excluding ortho intramolecular Hbond substituents is 1. The van der Waals surface area contributed by atoms with Crippen molar-refractivity contribution in [2.45, 2.75) is 49.3 Å². The van der Waals surface area contributed by atoms with Crippen molar-refractivity contribution < 1.29 is 14.9 Å². The van der Waals surface area contributed by atoms with Gasteiger partial charge in [0.05, 0.1) is 16.7 Å². The van der Waals surface area contributed by atoms with Crippen LogP contribution in [-0.2, 0) is 18.3 Å². The van der Waals surface area contributed by atoms with Gasteiger partial charge in [-0.3, -0.25) is 4.90 Å². The van der Waals surface area contributed by atoms with Crippen LogP contribution in [0.5, 0.6) is 11.5 Å². The molecule has 1 aromatic heterocycles. The van der Waals surface area contributed by atoms with Crippen molar-refractivity contribution >= 4 is 23.3 Å². The Morgan fingerprint density at radius 3 is 2.91 bits per heavy atom. The SMILES string of the molecule is C=C(C)CN1CC[C@@]23c4c5ccc(O)c4O[C@H]2c2[nH]c4ccccc4c2C[C@]3(O)C1C5.Cl. The van der Waals surface area contributed by atoms with Crippen LogP contribution in [0.1, 0.15) is 41.8 Å². The van der Waals surface area contributed by atoms with Gasteiger partial charge in [0, 0.05) is 42.0 Å². The molecule has 2 aromatic carbocycles. The Balaban J connectivity index is 0.00000196. The lowest BCUT2D eigenvalue weighted by atomic mass is 9.49. The van der Waals surface area contributed by atoms with E-state index in [1.54, 1.807) is 6.07 Å². The number of aromatic nitrogens is 1. The van der Waals surface area contributed by atoms with E-state index in [2.05, 4.69) is 35.5 Å². The lowest BCUT2D eigenvalue weighted by Crippen LogP contribution is -2.74. The van der Waals surface area contributed by atoms with Crippen molar-refractivity contribution in [2.24, 2.45) is 0 Å². The number of hydrogen-bond donors (Lipinski definition) is 3. The van der Waals surface area contributed by atoms with E-state index in [1.165, 1.54) is 5.56 Å². The molecule has 1 fully saturated rings. The fraction of sp³-hybridized carbons (Fsp3) is 0.385. The smallest absolute Gasteiger partial charge is 0.166 e. The number of piperidine rings is 1. The first-order valence-corrected chi connectivity index (χ1v) is 11.2. The summed E-state index contributed by atoms with van der Waals surface area (Å²) in [4.78, 5) is 6.03. The number of hydrogen-bond acceptors (Lipinski definition) is 4. The number of H-pyrrole nitrogens is 1. The predicted octanol–water partition coefficient (Wildman–Crippen LogP) is 4.16. The molecule has 7 rings (SSSR count). The van der Waals surface area contributed by atoms with Crippen LogP contribution in [0.3, 0.4) is 0 Å². The average molecular weight is 451 g/mol. The van der Waals surface area contributed by atoms with Crippen molar-refractivity contribution in [1.82, 2.24) is 9.88 Å². The van der Waals surface area contributed by atoms with Crippen molar-refractivity contribution in [3.05, 3.63) is 70.9 Å². The lowest BCUT2D eigenvalue weighted by molar-refractivity contribution is -0.170. The number of likely N-dealkylation sites (tertiary alicyclic amines) is 1. The maximum atomic E-state index is 12.7. The summed E-state index contributed by atoms with van der Waals surface area (Å²) in [6.07, 6.45) is 1.79. The van der Waals surface area contributed by atoms with Gasteiger partial charge < -0.3 is 19.9 Å². The summed E-state index contributed by atoms with van der Waals surface area (Å²) in [5, 5.41) is 24.5. The van der Waals surface area contributed by atoms with Crippen LogP contribution in [0.25, 0.3) is 10.9 Å². The van der Waals surface area contributed by atoms with Gasteiger partial charge in [-0.05, 0) is 43.0 Å². The second-order valence-electron chi connectivity index (χ2n) is 9.98. The summed E-state index contributed by atoms with van der Waals surface area (Å²) < 4.78 is 6.57. The number of benzene rings is 2. The molecule has 2 aliphatic heterocycles. The van der Waals surface area contributed by atoms with E-state index in [0.29, 0.717) is 12.2 Å². The summed E-state index contributed by atoms with van der Waals surface area (Å²) in [6, 6.07) is 12.1. The van der Waals surface area contributed by atoms with Crippen LogP contribution in [0.2, 0.25) is 0 Å². The Hall–Kier alpha value is -2.47. The maximum absolute atomic E-state index is 12.7. The van der Waals surface area contributed by atoms with Gasteiger partial charge in [-0.25, -0.2) is 0 Å². The Morgan fingerprint density at radius 1 is 1.28 bits per heavy atom. The molecule has 3 N–H and O–H groups in total. The first kappa shape index (κ1) is 20.2. The molecule has 2 bridgehead atoms. The van der Waals surface area contributed by atoms with Gasteiger partial charge in [0.25, 0.3) is 0 Å². The van der Waals surface area contributed by atoms with E-state index in [4.69, 9.17) is 4.74 Å². The monoisotopic (exact) mass is 450 g/mol. The van der Waals surface area contributed by atoms with Gasteiger partial charge in [-0.1, -0.05) is 36.4 Å². The van der Waals surface area contributed by atoms with Crippen LogP contribution < -0.4 is 4.74 Å². The van der Waals surface area contributed by atoms with Crippen LogP contribution in [0, 0.1) is 0 Å². The molecule has 0 saturated carbocycles. The Kier molecular flexibility index (Phi) is 3.98. The summed E-state index contributed by atoms with van der Waals surface area (Å²) in [7, 11) is 0. The molecule has 32 heavy (non-hydrogen) atoms. The Bertz CT molecular complexity index is 1300. The molecule has 1 unspecified atom stereocenters. The maximum Gasteiger partial charge on any atom is 0.166 e. The van der Waals surface area contributed by atoms with Gasteiger partial charge in [-0.15, -0.1) is 12.4 Å². The second-order valence-corrected chi connectivity index (χ2v) is 9.98. The largest absolute Gasteiger partial charge is 0.504 e. The first-order valence-electron chi connectivity index (χ1n) is 11.2. The number of fused-ring (bicyclic) bond motifs is 4. The second kappa shape index (κ2) is 6.31. The van der Waals surface area contributed by atoms with Gasteiger partial charge >= 0.3 is 0 Å². The van der Waals surface area contributed by atoms with Gasteiger partial charge in [0.15, 0.2) is 17.6 Å². The summed E-state index contributed by atoms with van der Waals surface area (Å²) >= 11 is 0. The zero-order chi connectivity index (χ0) is 21.1. The number of nitrogens with zero attached hydrogens (tertiary/aromatic N) is 1. The van der Waals surface area contributed by atoms with Crippen LogP contribution >= 0.6 is 12.4 Å². The molecule has 0 radical (unpaired) electrons. The number of nitrogens with one attached hydrogen (secondary N) is 1. The molecule has 1 spiro atoms. The fourth-order valence-electron chi connectivity index (χ4n) is 7.26. The highest BCUT2D eigenvalue weighted by Crippen LogP contribution is 2.68. The molecule has 6 heteroatoms. The van der Waals surface area contributed by atoms with E-state index in [-0.39, 0.29) is 30.3 Å². The highest BCUT2D eigenvalue weighted by Gasteiger charge is 2.72. The van der Waals surface area contributed by atoms with Crippen LogP contribution in [0.4, 0.5) is 0 Å². The summed E-state index contributed by atoms with van der Waals surface area (Å²) in [6.45, 7) is 7.87. The average Bonchev–Trinajstić information content (AvgIpc) is 3.27. The van der Waals surface area contributed by atoms with Crippen LogP contribution in [-0.4, -0.2) is 44.8 Å². The van der Waals surface area contributed by atoms with Crippen molar-refractivity contribution in [3.8, 4) is 11.5 Å². The van der Waals surface area contributed by atoms with Gasteiger partial charge in [0.2, 0.25) is 0 Å². The Labute approximate surface area is 193 Å². The molecule has 0 amide bonds. The van der Waals surface area contributed by atoms with E-state index < -0.39 is 11.0 Å². The van der Waals surface area contributed by atoms with Crippen LogP contribution in [0.15, 0.2) is 48.6 Å². The molecule has 4 atom stereocenters. The molecule has 2 aliphatic carbocycles. The summed E-state index contributed by atoms with van der Waals surface area (Å²) in [5.41, 5.74) is 5.08. The molecular formula is C26H27ClN2O3. The highest BCUT2D eigenvalue weighted by molar-refractivity contribution is 5.86. The van der Waals surface area contributed by atoms with Gasteiger partial charge in [0.1, 0.15) is 0 Å². The minimum Gasteiger partial charge on any atom is -0.504 e. The number of rotatable bonds is 2. The van der Waals surface area contributed by atoms with Crippen molar-refractivity contribution in [2.75, 3.05) is 13.1 Å². The third kappa shape index (κ3) is 2.12. The number of aliphatic hydroxyl groups is 1. The van der Waals surface area contributed by atoms with Crippen molar-refractivity contribution in [3.63, 3.8) is 0 Å². The highest BCUT2D eigenvalue weighted by atomic mass is 35.5. The minimum absolute atomic E-state index is 0. The number of halogens is 1. The lowest BCUT2D eigenvalue weighted by Gasteiger charge is -2.62.